The summed E-state index contributed by atoms with van der Waals surface area (Å²) in [6.45, 7) is 2.19. The van der Waals surface area contributed by atoms with E-state index in [9.17, 15) is 19.2 Å². The second-order valence-electron chi connectivity index (χ2n) is 2.19. The summed E-state index contributed by atoms with van der Waals surface area (Å²) in [5.74, 6) is -3.26. The standard InChI is InChI=1S/C7H8O4/c1-4(8)3-6(10)7(11)5(2)9/h3H2,1-2H3. The van der Waals surface area contributed by atoms with Gasteiger partial charge in [-0.15, -0.1) is 0 Å². The first-order valence-electron chi connectivity index (χ1n) is 3.02. The monoisotopic (exact) mass is 156 g/mol. The topological polar surface area (TPSA) is 68.3 Å². The Bertz CT molecular complexity index is 227. The predicted molar refractivity (Wildman–Crippen MR) is 36.0 cm³/mol. The molecule has 0 aromatic heterocycles. The summed E-state index contributed by atoms with van der Waals surface area (Å²) in [5.41, 5.74) is 0. The molecule has 0 aromatic carbocycles. The van der Waals surface area contributed by atoms with Gasteiger partial charge in [-0.25, -0.2) is 0 Å². The van der Waals surface area contributed by atoms with Crippen molar-refractivity contribution in [1.82, 2.24) is 0 Å². The first-order valence-corrected chi connectivity index (χ1v) is 3.02. The van der Waals surface area contributed by atoms with Crippen molar-refractivity contribution in [3.63, 3.8) is 0 Å². The lowest BCUT2D eigenvalue weighted by Crippen LogP contribution is -2.22. The molecule has 4 heteroatoms. The van der Waals surface area contributed by atoms with Crippen molar-refractivity contribution < 1.29 is 19.2 Å². The lowest BCUT2D eigenvalue weighted by molar-refractivity contribution is -0.144. The third-order valence-electron chi connectivity index (χ3n) is 0.983. The lowest BCUT2D eigenvalue weighted by atomic mass is 10.1. The van der Waals surface area contributed by atoms with Gasteiger partial charge in [0.1, 0.15) is 5.78 Å². The van der Waals surface area contributed by atoms with Crippen LogP contribution in [-0.4, -0.2) is 23.1 Å². The van der Waals surface area contributed by atoms with Gasteiger partial charge in [-0.2, -0.15) is 0 Å². The first-order chi connectivity index (χ1) is 4.95. The van der Waals surface area contributed by atoms with Gasteiger partial charge >= 0.3 is 0 Å². The molecule has 0 aliphatic rings. The van der Waals surface area contributed by atoms with Crippen molar-refractivity contribution >= 4 is 23.1 Å². The maximum absolute atomic E-state index is 10.6. The molecule has 0 saturated carbocycles. The first kappa shape index (κ1) is 9.68. The minimum atomic E-state index is -1.10. The van der Waals surface area contributed by atoms with E-state index in [-0.39, 0.29) is 0 Å². The smallest absolute Gasteiger partial charge is 0.264 e. The lowest BCUT2D eigenvalue weighted by Gasteiger charge is -1.90. The second kappa shape index (κ2) is 3.75. The Labute approximate surface area is 63.6 Å². The molecule has 4 nitrogen and oxygen atoms in total. The van der Waals surface area contributed by atoms with Gasteiger partial charge in [0.05, 0.1) is 6.42 Å². The molecule has 0 bridgehead atoms. The van der Waals surface area contributed by atoms with E-state index in [1.807, 2.05) is 0 Å². The third-order valence-corrected chi connectivity index (χ3v) is 0.983. The maximum atomic E-state index is 10.6. The Morgan fingerprint density at radius 1 is 1.00 bits per heavy atom. The molecule has 0 atom stereocenters. The molecule has 0 N–H and O–H groups in total. The number of hydrogen-bond acceptors (Lipinski definition) is 4. The van der Waals surface area contributed by atoms with Crippen molar-refractivity contribution in [2.24, 2.45) is 0 Å². The molecule has 0 fully saturated rings. The van der Waals surface area contributed by atoms with Gasteiger partial charge in [-0.3, -0.25) is 19.2 Å². The highest BCUT2D eigenvalue weighted by molar-refractivity contribution is 6.64. The number of hydrogen-bond donors (Lipinski definition) is 0. The highest BCUT2D eigenvalue weighted by Gasteiger charge is 2.19. The van der Waals surface area contributed by atoms with Crippen LogP contribution in [-0.2, 0) is 19.2 Å². The Hall–Kier alpha value is -1.32. The Kier molecular flexibility index (Phi) is 3.30. The van der Waals surface area contributed by atoms with E-state index in [4.69, 9.17) is 0 Å². The van der Waals surface area contributed by atoms with E-state index in [2.05, 4.69) is 0 Å². The molecule has 0 aromatic rings. The average molecular weight is 156 g/mol. The van der Waals surface area contributed by atoms with E-state index in [0.717, 1.165) is 6.92 Å². The van der Waals surface area contributed by atoms with Crippen molar-refractivity contribution in [2.45, 2.75) is 20.3 Å². The fraction of sp³-hybridized carbons (Fsp3) is 0.429. The normalized spacial score (nSPS) is 8.91. The molecule has 0 heterocycles. The highest BCUT2D eigenvalue weighted by atomic mass is 16.2. The molecule has 0 unspecified atom stereocenters. The van der Waals surface area contributed by atoms with Crippen molar-refractivity contribution in [2.75, 3.05) is 0 Å². The van der Waals surface area contributed by atoms with Gasteiger partial charge in [-0.1, -0.05) is 0 Å². The van der Waals surface area contributed by atoms with E-state index in [1.165, 1.54) is 6.92 Å². The van der Waals surface area contributed by atoms with Crippen LogP contribution in [0.3, 0.4) is 0 Å². The summed E-state index contributed by atoms with van der Waals surface area (Å²) < 4.78 is 0. The molecule has 11 heavy (non-hydrogen) atoms. The van der Waals surface area contributed by atoms with E-state index < -0.39 is 29.6 Å². The fourth-order valence-corrected chi connectivity index (χ4v) is 0.503. The van der Waals surface area contributed by atoms with Crippen LogP contribution in [0.15, 0.2) is 0 Å². The molecule has 0 spiro atoms. The van der Waals surface area contributed by atoms with Gasteiger partial charge in [0.2, 0.25) is 11.6 Å². The summed E-state index contributed by atoms with van der Waals surface area (Å²) >= 11 is 0. The summed E-state index contributed by atoms with van der Waals surface area (Å²) in [6, 6.07) is 0. The maximum Gasteiger partial charge on any atom is 0.264 e. The van der Waals surface area contributed by atoms with E-state index >= 15 is 0 Å². The molecule has 0 rings (SSSR count). The zero-order valence-electron chi connectivity index (χ0n) is 6.34. The fourth-order valence-electron chi connectivity index (χ4n) is 0.503. The zero-order valence-corrected chi connectivity index (χ0v) is 6.34. The molecular formula is C7H8O4. The van der Waals surface area contributed by atoms with Crippen LogP contribution in [0.5, 0.6) is 0 Å². The Balaban J connectivity index is 4.16. The molecule has 60 valence electrons. The van der Waals surface area contributed by atoms with Gasteiger partial charge in [-0.05, 0) is 6.92 Å². The average Bonchev–Trinajstić information content (AvgIpc) is 1.84. The van der Waals surface area contributed by atoms with Crippen LogP contribution in [0.4, 0.5) is 0 Å². The molecule has 0 aliphatic heterocycles. The molecule has 0 radical (unpaired) electrons. The third kappa shape index (κ3) is 3.40. The Morgan fingerprint density at radius 2 is 1.45 bits per heavy atom. The summed E-state index contributed by atoms with van der Waals surface area (Å²) in [4.78, 5) is 41.7. The van der Waals surface area contributed by atoms with Crippen LogP contribution in [0.25, 0.3) is 0 Å². The molecule has 0 amide bonds. The van der Waals surface area contributed by atoms with Gasteiger partial charge in [0.15, 0.2) is 0 Å². The number of Topliss-reactive ketones (excluding diaryl/α,β-unsaturated/α-hetero) is 4. The van der Waals surface area contributed by atoms with Crippen molar-refractivity contribution in [1.29, 1.82) is 0 Å². The Morgan fingerprint density at radius 3 is 1.73 bits per heavy atom. The van der Waals surface area contributed by atoms with Crippen LogP contribution in [0.2, 0.25) is 0 Å². The van der Waals surface area contributed by atoms with Crippen LogP contribution >= 0.6 is 0 Å². The van der Waals surface area contributed by atoms with Gasteiger partial charge in [0, 0.05) is 6.92 Å². The second-order valence-corrected chi connectivity index (χ2v) is 2.19. The van der Waals surface area contributed by atoms with E-state index in [1.54, 1.807) is 0 Å². The molecule has 0 aliphatic carbocycles. The van der Waals surface area contributed by atoms with E-state index in [0.29, 0.717) is 0 Å². The number of carbonyl (C=O) groups excluding carboxylic acids is 4. The van der Waals surface area contributed by atoms with Gasteiger partial charge < -0.3 is 0 Å². The minimum Gasteiger partial charge on any atom is -0.300 e. The van der Waals surface area contributed by atoms with Crippen LogP contribution in [0, 0.1) is 0 Å². The van der Waals surface area contributed by atoms with Crippen LogP contribution in [0.1, 0.15) is 20.3 Å². The number of ketones is 4. The minimum absolute atomic E-state index is 0.412. The summed E-state index contributed by atoms with van der Waals surface area (Å²) in [7, 11) is 0. The largest absolute Gasteiger partial charge is 0.300 e. The highest BCUT2D eigenvalue weighted by Crippen LogP contribution is 1.88. The van der Waals surface area contributed by atoms with Crippen molar-refractivity contribution in [3.05, 3.63) is 0 Å². The number of carbonyl (C=O) groups is 4. The molecule has 0 saturated heterocycles. The van der Waals surface area contributed by atoms with Gasteiger partial charge in [0.25, 0.3) is 5.78 Å². The quantitative estimate of drug-likeness (QED) is 0.413. The SMILES string of the molecule is CC(=O)CC(=O)C(=O)C(C)=O. The summed E-state index contributed by atoms with van der Waals surface area (Å²) in [5, 5.41) is 0. The zero-order chi connectivity index (χ0) is 9.02. The van der Waals surface area contributed by atoms with Crippen LogP contribution < -0.4 is 0 Å². The van der Waals surface area contributed by atoms with Crippen molar-refractivity contribution in [3.8, 4) is 0 Å². The summed E-state index contributed by atoms with van der Waals surface area (Å²) in [6.07, 6.45) is -0.474. The number of rotatable bonds is 4. The predicted octanol–water partition coefficient (Wildman–Crippen LogP) is -0.307. The molecular weight excluding hydrogens is 148 g/mol.